The standard InChI is InChI=1S/C17H23ClN2O3/c1-11(16(23-2)14-5-3-4-6-15(14)18)19-17(22)20-13-8-7-12(9-13)10-21/h3-8,11-13,16,21H,9-10H2,1-2H3,(H2,19,20,22)/t11-,12+,13-,16+/m1/s1. The highest BCUT2D eigenvalue weighted by Crippen LogP contribution is 2.27. The molecular weight excluding hydrogens is 316 g/mol. The number of halogens is 1. The van der Waals surface area contributed by atoms with Crippen LogP contribution in [0, 0.1) is 5.92 Å². The second kappa shape index (κ2) is 8.34. The molecule has 0 fully saturated rings. The molecule has 1 aromatic carbocycles. The Bertz CT molecular complexity index is 565. The van der Waals surface area contributed by atoms with Crippen molar-refractivity contribution < 1.29 is 14.6 Å². The fourth-order valence-corrected chi connectivity index (χ4v) is 3.06. The molecule has 2 amide bonds. The van der Waals surface area contributed by atoms with Crippen LogP contribution in [0.5, 0.6) is 0 Å². The van der Waals surface area contributed by atoms with Crippen molar-refractivity contribution in [3.8, 4) is 0 Å². The normalized spacial score (nSPS) is 22.6. The van der Waals surface area contributed by atoms with E-state index in [9.17, 15) is 4.79 Å². The van der Waals surface area contributed by atoms with Crippen molar-refractivity contribution in [1.82, 2.24) is 10.6 Å². The Labute approximate surface area is 141 Å². The molecule has 0 spiro atoms. The van der Waals surface area contributed by atoms with Gasteiger partial charge in [0.2, 0.25) is 0 Å². The largest absolute Gasteiger partial charge is 0.396 e. The average molecular weight is 339 g/mol. The fraction of sp³-hybridized carbons (Fsp3) is 0.471. The lowest BCUT2D eigenvalue weighted by atomic mass is 10.0. The zero-order chi connectivity index (χ0) is 16.8. The van der Waals surface area contributed by atoms with Gasteiger partial charge in [0.1, 0.15) is 6.10 Å². The first-order valence-electron chi connectivity index (χ1n) is 7.68. The van der Waals surface area contributed by atoms with Crippen LogP contribution in [-0.2, 0) is 4.74 Å². The van der Waals surface area contributed by atoms with E-state index >= 15 is 0 Å². The van der Waals surface area contributed by atoms with Gasteiger partial charge < -0.3 is 20.5 Å². The Hall–Kier alpha value is -1.56. The molecular formula is C17H23ClN2O3. The maximum atomic E-state index is 12.1. The van der Waals surface area contributed by atoms with E-state index in [1.54, 1.807) is 13.2 Å². The van der Waals surface area contributed by atoms with Crippen LogP contribution in [0.2, 0.25) is 5.02 Å². The first-order valence-corrected chi connectivity index (χ1v) is 8.06. The summed E-state index contributed by atoms with van der Waals surface area (Å²) in [7, 11) is 1.59. The second-order valence-electron chi connectivity index (χ2n) is 5.75. The number of aliphatic hydroxyl groups is 1. The number of urea groups is 1. The number of carbonyl (C=O) groups is 1. The molecule has 0 saturated carbocycles. The monoisotopic (exact) mass is 338 g/mol. The first-order chi connectivity index (χ1) is 11.0. The number of hydrogen-bond donors (Lipinski definition) is 3. The number of ether oxygens (including phenoxy) is 1. The van der Waals surface area contributed by atoms with E-state index in [0.29, 0.717) is 5.02 Å². The summed E-state index contributed by atoms with van der Waals surface area (Å²) < 4.78 is 5.51. The molecule has 0 unspecified atom stereocenters. The maximum absolute atomic E-state index is 12.1. The van der Waals surface area contributed by atoms with E-state index in [-0.39, 0.29) is 36.7 Å². The Morgan fingerprint density at radius 3 is 2.78 bits per heavy atom. The van der Waals surface area contributed by atoms with Crippen LogP contribution in [-0.4, -0.2) is 36.9 Å². The lowest BCUT2D eigenvalue weighted by Gasteiger charge is -2.25. The van der Waals surface area contributed by atoms with Crippen molar-refractivity contribution in [1.29, 1.82) is 0 Å². The van der Waals surface area contributed by atoms with Crippen LogP contribution in [0.3, 0.4) is 0 Å². The van der Waals surface area contributed by atoms with Gasteiger partial charge in [0, 0.05) is 36.3 Å². The number of hydrogen-bond acceptors (Lipinski definition) is 3. The fourth-order valence-electron chi connectivity index (χ4n) is 2.82. The average Bonchev–Trinajstić information content (AvgIpc) is 2.97. The topological polar surface area (TPSA) is 70.6 Å². The molecule has 0 heterocycles. The van der Waals surface area contributed by atoms with E-state index in [1.165, 1.54) is 0 Å². The van der Waals surface area contributed by atoms with Crippen molar-refractivity contribution in [3.05, 3.63) is 47.0 Å². The third-order valence-corrected chi connectivity index (χ3v) is 4.35. The van der Waals surface area contributed by atoms with Gasteiger partial charge >= 0.3 is 6.03 Å². The zero-order valence-electron chi connectivity index (χ0n) is 13.3. The van der Waals surface area contributed by atoms with Gasteiger partial charge in [-0.15, -0.1) is 0 Å². The minimum absolute atomic E-state index is 0.0549. The van der Waals surface area contributed by atoms with E-state index in [2.05, 4.69) is 10.6 Å². The molecule has 2 rings (SSSR count). The van der Waals surface area contributed by atoms with Gasteiger partial charge in [0.25, 0.3) is 0 Å². The Morgan fingerprint density at radius 2 is 2.17 bits per heavy atom. The number of nitrogens with one attached hydrogen (secondary N) is 2. The summed E-state index contributed by atoms with van der Waals surface area (Å²) in [5.41, 5.74) is 0.838. The van der Waals surface area contributed by atoms with Crippen molar-refractivity contribution >= 4 is 17.6 Å². The smallest absolute Gasteiger partial charge is 0.315 e. The highest BCUT2D eigenvalue weighted by Gasteiger charge is 2.24. The van der Waals surface area contributed by atoms with Crippen LogP contribution in [0.25, 0.3) is 0 Å². The molecule has 0 aromatic heterocycles. The van der Waals surface area contributed by atoms with Crippen molar-refractivity contribution in [2.24, 2.45) is 5.92 Å². The third kappa shape index (κ3) is 4.70. The molecule has 3 N–H and O–H groups in total. The highest BCUT2D eigenvalue weighted by atomic mass is 35.5. The lowest BCUT2D eigenvalue weighted by molar-refractivity contribution is 0.0762. The van der Waals surface area contributed by atoms with Crippen molar-refractivity contribution in [3.63, 3.8) is 0 Å². The molecule has 1 aromatic rings. The molecule has 1 aliphatic rings. The molecule has 126 valence electrons. The zero-order valence-corrected chi connectivity index (χ0v) is 14.1. The quantitative estimate of drug-likeness (QED) is 0.698. The van der Waals surface area contributed by atoms with Crippen molar-refractivity contribution in [2.45, 2.75) is 31.5 Å². The van der Waals surface area contributed by atoms with Crippen LogP contribution in [0.15, 0.2) is 36.4 Å². The summed E-state index contributed by atoms with van der Waals surface area (Å²) >= 11 is 6.21. The Kier molecular flexibility index (Phi) is 6.45. The summed E-state index contributed by atoms with van der Waals surface area (Å²) in [6, 6.07) is 6.86. The van der Waals surface area contributed by atoms with E-state index in [0.717, 1.165) is 12.0 Å². The molecule has 0 saturated heterocycles. The molecule has 6 heteroatoms. The van der Waals surface area contributed by atoms with Crippen LogP contribution in [0.4, 0.5) is 4.79 Å². The van der Waals surface area contributed by atoms with Crippen LogP contribution in [0.1, 0.15) is 25.0 Å². The van der Waals surface area contributed by atoms with Gasteiger partial charge in [-0.25, -0.2) is 4.79 Å². The van der Waals surface area contributed by atoms with Gasteiger partial charge in [-0.1, -0.05) is 42.0 Å². The predicted molar refractivity (Wildman–Crippen MR) is 90.5 cm³/mol. The molecule has 0 bridgehead atoms. The summed E-state index contributed by atoms with van der Waals surface area (Å²) in [6.45, 7) is 1.98. The summed E-state index contributed by atoms with van der Waals surface area (Å²) in [6.07, 6.45) is 4.22. The van der Waals surface area contributed by atoms with Crippen LogP contribution < -0.4 is 10.6 Å². The molecule has 1 aliphatic carbocycles. The number of carbonyl (C=O) groups excluding carboxylic acids is 1. The van der Waals surface area contributed by atoms with E-state index in [4.69, 9.17) is 21.4 Å². The number of methoxy groups -OCH3 is 1. The van der Waals surface area contributed by atoms with E-state index < -0.39 is 0 Å². The molecule has 0 aliphatic heterocycles. The minimum atomic E-state index is -0.334. The number of amides is 2. The Morgan fingerprint density at radius 1 is 1.43 bits per heavy atom. The van der Waals surface area contributed by atoms with Crippen LogP contribution >= 0.6 is 11.6 Å². The molecule has 0 radical (unpaired) electrons. The second-order valence-corrected chi connectivity index (χ2v) is 6.16. The van der Waals surface area contributed by atoms with Gasteiger partial charge in [0.05, 0.1) is 6.04 Å². The van der Waals surface area contributed by atoms with Gasteiger partial charge in [0.15, 0.2) is 0 Å². The first kappa shape index (κ1) is 17.8. The van der Waals surface area contributed by atoms with Gasteiger partial charge in [-0.3, -0.25) is 0 Å². The predicted octanol–water partition coefficient (Wildman–Crippen LogP) is 2.65. The van der Waals surface area contributed by atoms with E-state index in [1.807, 2.05) is 37.3 Å². The summed E-state index contributed by atoms with van der Waals surface area (Å²) in [4.78, 5) is 12.1. The lowest BCUT2D eigenvalue weighted by Crippen LogP contribution is -2.46. The minimum Gasteiger partial charge on any atom is -0.396 e. The summed E-state index contributed by atoms with van der Waals surface area (Å²) in [5.74, 6) is 0.118. The Balaban J connectivity index is 1.92. The molecule has 5 nitrogen and oxygen atoms in total. The summed E-state index contributed by atoms with van der Waals surface area (Å²) in [5, 5.41) is 15.5. The number of rotatable bonds is 6. The highest BCUT2D eigenvalue weighted by molar-refractivity contribution is 6.31. The SMILES string of the molecule is CO[C@H](c1ccccc1Cl)[C@@H](C)NC(=O)N[C@@H]1C=C[C@H](CO)C1. The molecule has 4 atom stereocenters. The third-order valence-electron chi connectivity index (χ3n) is 4.00. The maximum Gasteiger partial charge on any atom is 0.315 e. The van der Waals surface area contributed by atoms with Gasteiger partial charge in [-0.2, -0.15) is 0 Å². The number of benzene rings is 1. The van der Waals surface area contributed by atoms with Crippen molar-refractivity contribution in [2.75, 3.05) is 13.7 Å². The number of aliphatic hydroxyl groups excluding tert-OH is 1. The van der Waals surface area contributed by atoms with Gasteiger partial charge in [-0.05, 0) is 19.4 Å². The molecule has 23 heavy (non-hydrogen) atoms.